The lowest BCUT2D eigenvalue weighted by atomic mass is 10.2. The highest BCUT2D eigenvalue weighted by Crippen LogP contribution is 2.26. The van der Waals surface area contributed by atoms with E-state index in [1.165, 1.54) is 12.1 Å². The van der Waals surface area contributed by atoms with Crippen molar-refractivity contribution in [2.75, 3.05) is 18.4 Å². The van der Waals surface area contributed by atoms with Crippen LogP contribution in [0.25, 0.3) is 0 Å². The highest BCUT2D eigenvalue weighted by molar-refractivity contribution is 6.33. The number of anilines is 1. The molecule has 6 nitrogen and oxygen atoms in total. The summed E-state index contributed by atoms with van der Waals surface area (Å²) in [5, 5.41) is 18.3. The van der Waals surface area contributed by atoms with Crippen LogP contribution in [0.2, 0.25) is 10.0 Å². The molecule has 3 aromatic rings. The molecule has 0 aromatic heterocycles. The van der Waals surface area contributed by atoms with Crippen LogP contribution in [0.15, 0.2) is 66.7 Å². The van der Waals surface area contributed by atoms with Crippen molar-refractivity contribution >= 4 is 47.0 Å². The third-order valence-corrected chi connectivity index (χ3v) is 5.07. The smallest absolute Gasteiger partial charge is 0.271 e. The SMILES string of the molecule is Cl.O=[N+]([O-])c1ccc(NCCNCc2ccc(OCc3ccccc3Cl)cc2)c(Cl)c1. The fourth-order valence-electron chi connectivity index (χ4n) is 2.76. The van der Waals surface area contributed by atoms with Crippen LogP contribution in [0.4, 0.5) is 11.4 Å². The zero-order chi connectivity index (χ0) is 21.3. The maximum absolute atomic E-state index is 10.7. The summed E-state index contributed by atoms with van der Waals surface area (Å²) in [6, 6.07) is 19.9. The molecule has 9 heteroatoms. The molecule has 2 N–H and O–H groups in total. The fraction of sp³-hybridized carbons (Fsp3) is 0.182. The largest absolute Gasteiger partial charge is 0.489 e. The quantitative estimate of drug-likeness (QED) is 0.207. The molecule has 0 bridgehead atoms. The summed E-state index contributed by atoms with van der Waals surface area (Å²) in [7, 11) is 0. The Kier molecular flexibility index (Phi) is 9.88. The number of hydrogen-bond donors (Lipinski definition) is 2. The monoisotopic (exact) mass is 481 g/mol. The molecule has 0 heterocycles. The first-order chi connectivity index (χ1) is 14.5. The van der Waals surface area contributed by atoms with Crippen molar-refractivity contribution < 1.29 is 9.66 Å². The second-order valence-electron chi connectivity index (χ2n) is 6.55. The molecular weight excluding hydrogens is 461 g/mol. The molecule has 3 aromatic carbocycles. The Balaban J connectivity index is 0.00000341. The van der Waals surface area contributed by atoms with Crippen LogP contribution in [0.5, 0.6) is 5.75 Å². The molecule has 31 heavy (non-hydrogen) atoms. The van der Waals surface area contributed by atoms with Crippen LogP contribution < -0.4 is 15.4 Å². The van der Waals surface area contributed by atoms with Gasteiger partial charge >= 0.3 is 0 Å². The molecule has 0 spiro atoms. The lowest BCUT2D eigenvalue weighted by Crippen LogP contribution is -2.21. The number of hydrogen-bond acceptors (Lipinski definition) is 5. The van der Waals surface area contributed by atoms with Gasteiger partial charge in [-0.25, -0.2) is 0 Å². The zero-order valence-electron chi connectivity index (χ0n) is 16.5. The number of nitro groups is 1. The van der Waals surface area contributed by atoms with E-state index in [0.717, 1.165) is 16.9 Å². The minimum Gasteiger partial charge on any atom is -0.489 e. The molecule has 0 aliphatic carbocycles. The number of non-ortho nitro benzene ring substituents is 1. The third kappa shape index (κ3) is 7.60. The average molecular weight is 483 g/mol. The number of rotatable bonds is 10. The van der Waals surface area contributed by atoms with E-state index in [9.17, 15) is 10.1 Å². The van der Waals surface area contributed by atoms with Crippen LogP contribution in [0, 0.1) is 10.1 Å². The lowest BCUT2D eigenvalue weighted by Gasteiger charge is -2.10. The number of nitro benzene ring substituents is 1. The van der Waals surface area contributed by atoms with E-state index in [2.05, 4.69) is 10.6 Å². The average Bonchev–Trinajstić information content (AvgIpc) is 2.74. The summed E-state index contributed by atoms with van der Waals surface area (Å²) in [5.41, 5.74) is 2.73. The maximum Gasteiger partial charge on any atom is 0.271 e. The van der Waals surface area contributed by atoms with Gasteiger partial charge in [-0.3, -0.25) is 10.1 Å². The summed E-state index contributed by atoms with van der Waals surface area (Å²) in [5.74, 6) is 0.785. The van der Waals surface area contributed by atoms with Gasteiger partial charge in [-0.2, -0.15) is 0 Å². The lowest BCUT2D eigenvalue weighted by molar-refractivity contribution is -0.384. The topological polar surface area (TPSA) is 76.4 Å². The molecule has 0 saturated heterocycles. The van der Waals surface area contributed by atoms with Gasteiger partial charge in [0.05, 0.1) is 15.6 Å². The van der Waals surface area contributed by atoms with E-state index in [0.29, 0.717) is 42.0 Å². The predicted octanol–water partition coefficient (Wildman–Crippen LogP) is 6.10. The number of nitrogens with zero attached hydrogens (tertiary/aromatic N) is 1. The van der Waals surface area contributed by atoms with Gasteiger partial charge in [-0.1, -0.05) is 53.5 Å². The van der Waals surface area contributed by atoms with E-state index in [-0.39, 0.29) is 18.1 Å². The van der Waals surface area contributed by atoms with Gasteiger partial charge in [0.25, 0.3) is 5.69 Å². The summed E-state index contributed by atoms with van der Waals surface area (Å²) >= 11 is 12.2. The summed E-state index contributed by atoms with van der Waals surface area (Å²) in [6.45, 7) is 2.48. The molecule has 0 radical (unpaired) electrons. The van der Waals surface area contributed by atoms with Crippen molar-refractivity contribution in [3.63, 3.8) is 0 Å². The summed E-state index contributed by atoms with van der Waals surface area (Å²) in [4.78, 5) is 10.3. The molecule has 3 rings (SSSR count). The molecule has 0 atom stereocenters. The van der Waals surface area contributed by atoms with Gasteiger partial charge in [0.1, 0.15) is 12.4 Å². The highest BCUT2D eigenvalue weighted by Gasteiger charge is 2.08. The zero-order valence-corrected chi connectivity index (χ0v) is 18.8. The minimum atomic E-state index is -0.468. The highest BCUT2D eigenvalue weighted by atomic mass is 35.5. The summed E-state index contributed by atoms with van der Waals surface area (Å²) < 4.78 is 5.78. The molecule has 0 fully saturated rings. The molecule has 0 saturated carbocycles. The van der Waals surface area contributed by atoms with Crippen molar-refractivity contribution in [1.29, 1.82) is 0 Å². The Morgan fingerprint density at radius 1 is 0.935 bits per heavy atom. The molecule has 164 valence electrons. The van der Waals surface area contributed by atoms with Crippen molar-refractivity contribution in [3.05, 3.63) is 98.0 Å². The Morgan fingerprint density at radius 2 is 1.68 bits per heavy atom. The van der Waals surface area contributed by atoms with Crippen molar-refractivity contribution in [1.82, 2.24) is 5.32 Å². The number of ether oxygens (including phenoxy) is 1. The first kappa shape index (κ1) is 24.8. The van der Waals surface area contributed by atoms with E-state index in [1.807, 2.05) is 48.5 Å². The van der Waals surface area contributed by atoms with Gasteiger partial charge in [0.15, 0.2) is 0 Å². The number of nitrogens with one attached hydrogen (secondary N) is 2. The molecule has 0 aliphatic rings. The van der Waals surface area contributed by atoms with Crippen LogP contribution in [0.3, 0.4) is 0 Å². The Morgan fingerprint density at radius 3 is 2.35 bits per heavy atom. The van der Waals surface area contributed by atoms with Gasteiger partial charge in [0.2, 0.25) is 0 Å². The van der Waals surface area contributed by atoms with Gasteiger partial charge in [-0.15, -0.1) is 12.4 Å². The van der Waals surface area contributed by atoms with Gasteiger partial charge < -0.3 is 15.4 Å². The molecular formula is C22H22Cl3N3O3. The van der Waals surface area contributed by atoms with Crippen molar-refractivity contribution in [3.8, 4) is 5.75 Å². The second-order valence-corrected chi connectivity index (χ2v) is 7.36. The molecule has 0 aliphatic heterocycles. The van der Waals surface area contributed by atoms with Crippen LogP contribution in [0.1, 0.15) is 11.1 Å². The first-order valence-electron chi connectivity index (χ1n) is 9.36. The van der Waals surface area contributed by atoms with Crippen molar-refractivity contribution in [2.45, 2.75) is 13.2 Å². The Bertz CT molecular complexity index is 1000. The van der Waals surface area contributed by atoms with E-state index in [1.54, 1.807) is 6.07 Å². The third-order valence-electron chi connectivity index (χ3n) is 4.39. The maximum atomic E-state index is 10.7. The van der Waals surface area contributed by atoms with Gasteiger partial charge in [0, 0.05) is 42.4 Å². The van der Waals surface area contributed by atoms with E-state index in [4.69, 9.17) is 27.9 Å². The summed E-state index contributed by atoms with van der Waals surface area (Å²) in [6.07, 6.45) is 0. The fourth-order valence-corrected chi connectivity index (χ4v) is 3.19. The van der Waals surface area contributed by atoms with Crippen LogP contribution >= 0.6 is 35.6 Å². The van der Waals surface area contributed by atoms with E-state index < -0.39 is 4.92 Å². The normalized spacial score (nSPS) is 10.3. The number of benzene rings is 3. The second kappa shape index (κ2) is 12.4. The Hall–Kier alpha value is -2.51. The Labute approximate surface area is 197 Å². The van der Waals surface area contributed by atoms with E-state index >= 15 is 0 Å². The van der Waals surface area contributed by atoms with Crippen LogP contribution in [-0.2, 0) is 13.2 Å². The van der Waals surface area contributed by atoms with Gasteiger partial charge in [-0.05, 0) is 29.8 Å². The standard InChI is InChI=1S/C22H21Cl2N3O3.ClH/c23-20-4-2-1-3-17(20)15-30-19-8-5-16(6-9-19)14-25-11-12-26-22-10-7-18(27(28)29)13-21(22)24;/h1-10,13,25-26H,11-12,14-15H2;1H. The molecule has 0 unspecified atom stereocenters. The van der Waals surface area contributed by atoms with Crippen LogP contribution in [-0.4, -0.2) is 18.0 Å². The number of halogens is 3. The molecule has 0 amide bonds. The minimum absolute atomic E-state index is 0. The first-order valence-corrected chi connectivity index (χ1v) is 10.1. The van der Waals surface area contributed by atoms with Crippen molar-refractivity contribution in [2.24, 2.45) is 0 Å². The predicted molar refractivity (Wildman–Crippen MR) is 128 cm³/mol.